The van der Waals surface area contributed by atoms with E-state index < -0.39 is 10.0 Å². The lowest BCUT2D eigenvalue weighted by Gasteiger charge is -2.21. The number of carbonyl (C=O) groups excluding carboxylic acids is 1. The van der Waals surface area contributed by atoms with E-state index >= 15 is 0 Å². The van der Waals surface area contributed by atoms with Crippen molar-refractivity contribution in [3.8, 4) is 0 Å². The minimum absolute atomic E-state index is 0.120. The first-order valence-corrected chi connectivity index (χ1v) is 10.4. The Balaban J connectivity index is 2.16. The predicted octanol–water partition coefficient (Wildman–Crippen LogP) is 3.58. The maximum atomic E-state index is 12.5. The van der Waals surface area contributed by atoms with Gasteiger partial charge in [0, 0.05) is 12.1 Å². The number of hydrogen-bond donors (Lipinski definition) is 1. The molecule has 2 aromatic carbocycles. The molecule has 0 radical (unpaired) electrons. The third-order valence-corrected chi connectivity index (χ3v) is 5.62. The minimum Gasteiger partial charge on any atom is -0.346 e. The van der Waals surface area contributed by atoms with Gasteiger partial charge >= 0.3 is 0 Å². The zero-order valence-electron chi connectivity index (χ0n) is 15.9. The van der Waals surface area contributed by atoms with E-state index in [9.17, 15) is 13.2 Å². The van der Waals surface area contributed by atoms with Crippen molar-refractivity contribution in [2.75, 3.05) is 17.1 Å². The summed E-state index contributed by atoms with van der Waals surface area (Å²) in [7, 11) is -3.33. The van der Waals surface area contributed by atoms with E-state index in [0.29, 0.717) is 17.8 Å². The van der Waals surface area contributed by atoms with Crippen LogP contribution in [0.5, 0.6) is 0 Å². The molecule has 0 saturated carbocycles. The third kappa shape index (κ3) is 4.64. The van der Waals surface area contributed by atoms with E-state index in [-0.39, 0.29) is 11.9 Å². The summed E-state index contributed by atoms with van der Waals surface area (Å²) in [5, 5.41) is 3.00. The Bertz CT molecular complexity index is 890. The van der Waals surface area contributed by atoms with Crippen molar-refractivity contribution in [3.05, 3.63) is 64.7 Å². The minimum atomic E-state index is -3.33. The van der Waals surface area contributed by atoms with Crippen LogP contribution in [0.1, 0.15) is 46.9 Å². The normalized spacial score (nSPS) is 12.5. The number of anilines is 1. The van der Waals surface area contributed by atoms with Crippen LogP contribution in [0.4, 0.5) is 5.69 Å². The zero-order valence-corrected chi connectivity index (χ0v) is 16.7. The van der Waals surface area contributed by atoms with E-state index in [4.69, 9.17) is 0 Å². The highest BCUT2D eigenvalue weighted by atomic mass is 32.2. The van der Waals surface area contributed by atoms with Gasteiger partial charge in [-0.25, -0.2) is 8.42 Å². The molecule has 0 heterocycles. The van der Waals surface area contributed by atoms with Crippen LogP contribution in [0.25, 0.3) is 0 Å². The molecule has 1 N–H and O–H groups in total. The molecule has 0 saturated heterocycles. The van der Waals surface area contributed by atoms with Crippen LogP contribution >= 0.6 is 0 Å². The van der Waals surface area contributed by atoms with Crippen LogP contribution in [-0.2, 0) is 10.0 Å². The number of carbonyl (C=O) groups is 1. The standard InChI is InChI=1S/C20H26N2O3S/c1-6-22(26(5,24)25)18-11-9-17(10-12-18)20(23)21-16(4)19-13-14(2)7-8-15(19)3/h7-13,16H,6H2,1-5H3,(H,21,23). The van der Waals surface area contributed by atoms with Crippen molar-refractivity contribution < 1.29 is 13.2 Å². The van der Waals surface area contributed by atoms with Crippen molar-refractivity contribution in [1.82, 2.24) is 5.32 Å². The molecule has 0 bridgehead atoms. The summed E-state index contributed by atoms with van der Waals surface area (Å²) < 4.78 is 24.9. The molecular weight excluding hydrogens is 348 g/mol. The van der Waals surface area contributed by atoms with Crippen molar-refractivity contribution in [3.63, 3.8) is 0 Å². The molecule has 0 aliphatic heterocycles. The molecule has 5 nitrogen and oxygen atoms in total. The van der Waals surface area contributed by atoms with Crippen molar-refractivity contribution in [2.45, 2.75) is 33.7 Å². The number of aryl methyl sites for hydroxylation is 2. The first-order valence-electron chi connectivity index (χ1n) is 8.59. The van der Waals surface area contributed by atoms with Crippen LogP contribution in [0.15, 0.2) is 42.5 Å². The average molecular weight is 375 g/mol. The monoisotopic (exact) mass is 374 g/mol. The first kappa shape index (κ1) is 20.0. The Labute approximate surface area is 156 Å². The van der Waals surface area contributed by atoms with Gasteiger partial charge in [0.05, 0.1) is 18.0 Å². The predicted molar refractivity (Wildman–Crippen MR) is 106 cm³/mol. The van der Waals surface area contributed by atoms with Crippen LogP contribution in [0, 0.1) is 13.8 Å². The highest BCUT2D eigenvalue weighted by Crippen LogP contribution is 2.21. The lowest BCUT2D eigenvalue weighted by atomic mass is 9.99. The number of nitrogens with one attached hydrogen (secondary N) is 1. The van der Waals surface area contributed by atoms with Gasteiger partial charge in [0.15, 0.2) is 0 Å². The molecule has 1 unspecified atom stereocenters. The summed E-state index contributed by atoms with van der Waals surface area (Å²) in [4.78, 5) is 12.5. The second kappa shape index (κ2) is 7.91. The van der Waals surface area contributed by atoms with Gasteiger partial charge in [0.25, 0.3) is 5.91 Å². The number of benzene rings is 2. The molecule has 2 rings (SSSR count). The van der Waals surface area contributed by atoms with E-state index in [0.717, 1.165) is 16.7 Å². The lowest BCUT2D eigenvalue weighted by molar-refractivity contribution is 0.0940. The van der Waals surface area contributed by atoms with E-state index in [1.54, 1.807) is 31.2 Å². The largest absolute Gasteiger partial charge is 0.346 e. The molecule has 2 aromatic rings. The highest BCUT2D eigenvalue weighted by molar-refractivity contribution is 7.92. The van der Waals surface area contributed by atoms with Crippen LogP contribution in [-0.4, -0.2) is 27.1 Å². The summed E-state index contributed by atoms with van der Waals surface area (Å²) in [6.45, 7) is 8.12. The summed E-state index contributed by atoms with van der Waals surface area (Å²) in [6, 6.07) is 12.7. The first-order chi connectivity index (χ1) is 12.1. The van der Waals surface area contributed by atoms with Crippen LogP contribution in [0.2, 0.25) is 0 Å². The Kier molecular flexibility index (Phi) is 6.08. The molecule has 0 aliphatic rings. The molecule has 0 aromatic heterocycles. The Morgan fingerprint density at radius 2 is 1.73 bits per heavy atom. The molecule has 6 heteroatoms. The Morgan fingerprint density at radius 1 is 1.12 bits per heavy atom. The van der Waals surface area contributed by atoms with Gasteiger partial charge < -0.3 is 5.32 Å². The fraction of sp³-hybridized carbons (Fsp3) is 0.350. The number of amides is 1. The van der Waals surface area contributed by atoms with Gasteiger partial charge in [-0.2, -0.15) is 0 Å². The fourth-order valence-corrected chi connectivity index (χ4v) is 3.95. The van der Waals surface area contributed by atoms with E-state index in [2.05, 4.69) is 11.4 Å². The smallest absolute Gasteiger partial charge is 0.251 e. The molecule has 26 heavy (non-hydrogen) atoms. The molecule has 0 aliphatic carbocycles. The molecule has 1 amide bonds. The van der Waals surface area contributed by atoms with E-state index in [1.165, 1.54) is 10.6 Å². The summed E-state index contributed by atoms with van der Waals surface area (Å²) in [5.74, 6) is -0.188. The molecule has 1 atom stereocenters. The molecule has 0 spiro atoms. The Morgan fingerprint density at radius 3 is 2.27 bits per heavy atom. The van der Waals surface area contributed by atoms with Gasteiger partial charge in [-0.1, -0.05) is 23.8 Å². The molecule has 0 fully saturated rings. The van der Waals surface area contributed by atoms with Crippen molar-refractivity contribution in [1.29, 1.82) is 0 Å². The Hall–Kier alpha value is -2.34. The van der Waals surface area contributed by atoms with Crippen LogP contribution in [0.3, 0.4) is 0 Å². The van der Waals surface area contributed by atoms with Crippen molar-refractivity contribution in [2.24, 2.45) is 0 Å². The summed E-state index contributed by atoms with van der Waals surface area (Å²) in [6.07, 6.45) is 1.17. The second-order valence-corrected chi connectivity index (χ2v) is 8.44. The second-order valence-electron chi connectivity index (χ2n) is 6.53. The lowest BCUT2D eigenvalue weighted by Crippen LogP contribution is -2.30. The quantitative estimate of drug-likeness (QED) is 0.840. The van der Waals surface area contributed by atoms with Crippen LogP contribution < -0.4 is 9.62 Å². The topological polar surface area (TPSA) is 66.5 Å². The van der Waals surface area contributed by atoms with Gasteiger partial charge in [-0.15, -0.1) is 0 Å². The third-order valence-electron chi connectivity index (χ3n) is 4.35. The fourth-order valence-electron chi connectivity index (χ4n) is 2.97. The van der Waals surface area contributed by atoms with Crippen molar-refractivity contribution >= 4 is 21.6 Å². The summed E-state index contributed by atoms with van der Waals surface area (Å²) in [5.41, 5.74) is 4.41. The summed E-state index contributed by atoms with van der Waals surface area (Å²) >= 11 is 0. The van der Waals surface area contributed by atoms with Gasteiger partial charge in [0.1, 0.15) is 0 Å². The maximum absolute atomic E-state index is 12.5. The number of nitrogens with zero attached hydrogens (tertiary/aromatic N) is 1. The van der Waals surface area contributed by atoms with Gasteiger partial charge in [0.2, 0.25) is 10.0 Å². The maximum Gasteiger partial charge on any atom is 0.251 e. The number of sulfonamides is 1. The highest BCUT2D eigenvalue weighted by Gasteiger charge is 2.17. The molecular formula is C20H26N2O3S. The van der Waals surface area contributed by atoms with Gasteiger partial charge in [-0.3, -0.25) is 9.10 Å². The number of hydrogen-bond acceptors (Lipinski definition) is 3. The molecule has 140 valence electrons. The SMILES string of the molecule is CCN(c1ccc(C(=O)NC(C)c2cc(C)ccc2C)cc1)S(C)(=O)=O. The van der Waals surface area contributed by atoms with Gasteiger partial charge in [-0.05, 0) is 63.1 Å². The number of rotatable bonds is 6. The zero-order chi connectivity index (χ0) is 19.5. The van der Waals surface area contributed by atoms with E-state index in [1.807, 2.05) is 32.9 Å². The average Bonchev–Trinajstić information content (AvgIpc) is 2.57.